The molecule has 1 N–H and O–H groups in total. The molecule has 3 fully saturated rings. The number of furan rings is 1. The first-order valence-electron chi connectivity index (χ1n) is 13.1. The Bertz CT molecular complexity index is 1380. The van der Waals surface area contributed by atoms with Crippen molar-refractivity contribution in [3.63, 3.8) is 0 Å². The van der Waals surface area contributed by atoms with Crippen molar-refractivity contribution in [3.8, 4) is 11.3 Å². The van der Waals surface area contributed by atoms with E-state index in [2.05, 4.69) is 15.7 Å². The number of hydrogen-bond donors (Lipinski definition) is 1. The van der Waals surface area contributed by atoms with E-state index in [0.717, 1.165) is 30.6 Å². The third kappa shape index (κ3) is 4.25. The largest absolute Gasteiger partial charge is 0.455 e. The van der Waals surface area contributed by atoms with Crippen LogP contribution in [-0.4, -0.2) is 63.4 Å². The van der Waals surface area contributed by atoms with Crippen LogP contribution in [0.3, 0.4) is 0 Å². The lowest BCUT2D eigenvalue weighted by Gasteiger charge is -2.35. The second-order valence-electron chi connectivity index (χ2n) is 10.5. The number of ether oxygens (including phenoxy) is 1. The van der Waals surface area contributed by atoms with Crippen LogP contribution in [0.2, 0.25) is 0 Å². The van der Waals surface area contributed by atoms with E-state index >= 15 is 0 Å². The van der Waals surface area contributed by atoms with Gasteiger partial charge >= 0.3 is 0 Å². The minimum Gasteiger partial charge on any atom is -0.455 e. The van der Waals surface area contributed by atoms with Crippen LogP contribution in [-0.2, 0) is 9.53 Å². The van der Waals surface area contributed by atoms with Gasteiger partial charge in [0.05, 0.1) is 24.5 Å². The third-order valence-corrected chi connectivity index (χ3v) is 9.17. The molecule has 3 aliphatic rings. The van der Waals surface area contributed by atoms with Gasteiger partial charge in [-0.05, 0) is 60.6 Å². The molecule has 0 bridgehead atoms. The van der Waals surface area contributed by atoms with Crippen LogP contribution < -0.4 is 9.62 Å². The average Bonchev–Trinajstić information content (AvgIpc) is 3.25. The lowest BCUT2D eigenvalue weighted by atomic mass is 9.87. The topological polar surface area (TPSA) is 75.0 Å². The standard InChI is InChI=1S/C29H32FN3O4S/c1-31-28(34)26-20-11-19(17-5-4-10-33(13-17)29(35)25-21-14-36-15-22(21)25)23(32(2)38-3)12-24(20)37-27(26)16-6-8-18(30)9-7-16/h6-9,11-12,17,21-22,25H,4-5,10,13-15H2,1-3H3,(H,31,34). The molecule has 1 aliphatic carbocycles. The van der Waals surface area contributed by atoms with Crippen LogP contribution in [0.5, 0.6) is 0 Å². The number of carbonyl (C=O) groups is 2. The molecule has 3 heterocycles. The maximum Gasteiger partial charge on any atom is 0.255 e. The number of amides is 2. The maximum atomic E-state index is 13.6. The van der Waals surface area contributed by atoms with E-state index in [1.165, 1.54) is 12.1 Å². The molecule has 7 nitrogen and oxygen atoms in total. The Balaban J connectivity index is 1.41. The van der Waals surface area contributed by atoms with Crippen LogP contribution in [0.1, 0.15) is 34.7 Å². The SMILES string of the molecule is CNC(=O)c1c(-c2ccc(F)cc2)oc2cc(N(C)SC)c(C3CCCN(C(=O)C4C5COCC54)C3)cc12. The van der Waals surface area contributed by atoms with Gasteiger partial charge in [0.25, 0.3) is 5.91 Å². The summed E-state index contributed by atoms with van der Waals surface area (Å²) in [7, 11) is 3.60. The quantitative estimate of drug-likeness (QED) is 0.451. The van der Waals surface area contributed by atoms with Crippen molar-refractivity contribution in [2.75, 3.05) is 51.0 Å². The van der Waals surface area contributed by atoms with Gasteiger partial charge in [-0.3, -0.25) is 9.59 Å². The van der Waals surface area contributed by atoms with Gasteiger partial charge in [0, 0.05) is 62.3 Å². The van der Waals surface area contributed by atoms with Crippen molar-refractivity contribution < 1.29 is 23.1 Å². The van der Waals surface area contributed by atoms with E-state index in [4.69, 9.17) is 9.15 Å². The van der Waals surface area contributed by atoms with Crippen molar-refractivity contribution in [2.45, 2.75) is 18.8 Å². The molecule has 3 atom stereocenters. The highest BCUT2D eigenvalue weighted by Gasteiger charge is 2.59. The smallest absolute Gasteiger partial charge is 0.255 e. The fourth-order valence-electron chi connectivity index (χ4n) is 6.25. The van der Waals surface area contributed by atoms with Gasteiger partial charge in [-0.15, -0.1) is 0 Å². The Morgan fingerprint density at radius 3 is 2.58 bits per heavy atom. The molecule has 9 heteroatoms. The molecular weight excluding hydrogens is 505 g/mol. The second-order valence-corrected chi connectivity index (χ2v) is 11.4. The van der Waals surface area contributed by atoms with E-state index in [9.17, 15) is 14.0 Å². The highest BCUT2D eigenvalue weighted by atomic mass is 32.2. The summed E-state index contributed by atoms with van der Waals surface area (Å²) >= 11 is 1.59. The summed E-state index contributed by atoms with van der Waals surface area (Å²) in [5, 5.41) is 3.46. The number of rotatable bonds is 6. The van der Waals surface area contributed by atoms with E-state index in [0.29, 0.717) is 59.5 Å². The molecule has 0 radical (unpaired) electrons. The minimum atomic E-state index is -0.351. The first kappa shape index (κ1) is 25.2. The average molecular weight is 538 g/mol. The fourth-order valence-corrected chi connectivity index (χ4v) is 6.60. The molecule has 2 aliphatic heterocycles. The number of nitrogens with zero attached hydrogens (tertiary/aromatic N) is 2. The Kier molecular flexibility index (Phi) is 6.60. The van der Waals surface area contributed by atoms with Crippen LogP contribution in [0.15, 0.2) is 40.8 Å². The van der Waals surface area contributed by atoms with Crippen molar-refractivity contribution in [1.82, 2.24) is 10.2 Å². The number of carbonyl (C=O) groups excluding carboxylic acids is 2. The van der Waals surface area contributed by atoms with Crippen molar-refractivity contribution in [2.24, 2.45) is 17.8 Å². The Morgan fingerprint density at radius 1 is 1.16 bits per heavy atom. The number of anilines is 1. The summed E-state index contributed by atoms with van der Waals surface area (Å²) < 4.78 is 27.5. The summed E-state index contributed by atoms with van der Waals surface area (Å²) in [6, 6.07) is 10.0. The fraction of sp³-hybridized carbons (Fsp3) is 0.448. The lowest BCUT2D eigenvalue weighted by molar-refractivity contribution is -0.135. The molecule has 1 saturated carbocycles. The first-order chi connectivity index (χ1) is 18.4. The van der Waals surface area contributed by atoms with Crippen LogP contribution in [0, 0.1) is 23.6 Å². The van der Waals surface area contributed by atoms with E-state index in [-0.39, 0.29) is 29.5 Å². The number of nitrogens with one attached hydrogen (secondary N) is 1. The molecule has 38 heavy (non-hydrogen) atoms. The monoisotopic (exact) mass is 537 g/mol. The van der Waals surface area contributed by atoms with Crippen molar-refractivity contribution >= 4 is 40.4 Å². The Labute approximate surface area is 225 Å². The summed E-state index contributed by atoms with van der Waals surface area (Å²) in [6.07, 6.45) is 3.91. The van der Waals surface area contributed by atoms with Gasteiger partial charge in [0.15, 0.2) is 0 Å². The highest BCUT2D eigenvalue weighted by molar-refractivity contribution is 7.99. The van der Waals surface area contributed by atoms with Gasteiger partial charge in [0.2, 0.25) is 5.91 Å². The predicted octanol–water partition coefficient (Wildman–Crippen LogP) is 4.91. The Hall–Kier alpha value is -3.04. The van der Waals surface area contributed by atoms with Gasteiger partial charge < -0.3 is 23.7 Å². The van der Waals surface area contributed by atoms with Gasteiger partial charge in [-0.1, -0.05) is 11.9 Å². The molecule has 2 aromatic carbocycles. The van der Waals surface area contributed by atoms with Gasteiger partial charge in [-0.25, -0.2) is 4.39 Å². The number of likely N-dealkylation sites (tertiary alicyclic amines) is 1. The zero-order valence-corrected chi connectivity index (χ0v) is 22.6. The molecule has 1 aromatic heterocycles. The molecule has 3 unspecified atom stereocenters. The molecule has 2 saturated heterocycles. The van der Waals surface area contributed by atoms with Crippen LogP contribution in [0.25, 0.3) is 22.3 Å². The van der Waals surface area contributed by atoms with Crippen molar-refractivity contribution in [3.05, 3.63) is 53.3 Å². The third-order valence-electron chi connectivity index (χ3n) is 8.42. The zero-order valence-electron chi connectivity index (χ0n) is 21.8. The zero-order chi connectivity index (χ0) is 26.6. The number of piperidine rings is 1. The number of halogens is 1. The van der Waals surface area contributed by atoms with E-state index < -0.39 is 0 Å². The molecule has 6 rings (SSSR count). The van der Waals surface area contributed by atoms with Gasteiger partial charge in [0.1, 0.15) is 17.2 Å². The first-order valence-corrected chi connectivity index (χ1v) is 14.3. The molecular formula is C29H32FN3O4S. The summed E-state index contributed by atoms with van der Waals surface area (Å²) in [5.41, 5.74) is 3.77. The molecule has 200 valence electrons. The predicted molar refractivity (Wildman–Crippen MR) is 147 cm³/mol. The minimum absolute atomic E-state index is 0.116. The van der Waals surface area contributed by atoms with Crippen molar-refractivity contribution in [1.29, 1.82) is 0 Å². The van der Waals surface area contributed by atoms with Crippen LogP contribution >= 0.6 is 11.9 Å². The highest BCUT2D eigenvalue weighted by Crippen LogP contribution is 2.52. The lowest BCUT2D eigenvalue weighted by Crippen LogP contribution is -2.41. The maximum absolute atomic E-state index is 13.6. The summed E-state index contributed by atoms with van der Waals surface area (Å²) in [4.78, 5) is 28.5. The normalized spacial score (nSPS) is 24.4. The number of fused-ring (bicyclic) bond motifs is 2. The summed E-state index contributed by atoms with van der Waals surface area (Å²) in [6.45, 7) is 2.86. The van der Waals surface area contributed by atoms with E-state index in [1.54, 1.807) is 31.1 Å². The molecule has 0 spiro atoms. The molecule has 2 amide bonds. The van der Waals surface area contributed by atoms with Gasteiger partial charge in [-0.2, -0.15) is 0 Å². The second kappa shape index (κ2) is 9.93. The van der Waals surface area contributed by atoms with E-state index in [1.807, 2.05) is 24.3 Å². The number of hydrogen-bond acceptors (Lipinski definition) is 6. The molecule has 3 aromatic rings. The Morgan fingerprint density at radius 2 is 1.89 bits per heavy atom. The number of benzene rings is 2. The summed E-state index contributed by atoms with van der Waals surface area (Å²) in [5.74, 6) is 1.11. The van der Waals surface area contributed by atoms with Crippen LogP contribution in [0.4, 0.5) is 10.1 Å².